The molecule has 5 rings (SSSR count). The van der Waals surface area contributed by atoms with Crippen LogP contribution in [0.1, 0.15) is 16.8 Å². The molecule has 0 amide bonds. The number of para-hydroxylation sites is 1. The van der Waals surface area contributed by atoms with E-state index in [-0.39, 0.29) is 5.56 Å². The Balaban J connectivity index is 1.44. The highest BCUT2D eigenvalue weighted by Gasteiger charge is 2.24. The number of halogens is 1. The third kappa shape index (κ3) is 3.62. The summed E-state index contributed by atoms with van der Waals surface area (Å²) in [4.78, 5) is 34.8. The van der Waals surface area contributed by atoms with E-state index in [9.17, 15) is 9.59 Å². The predicted molar refractivity (Wildman–Crippen MR) is 120 cm³/mol. The van der Waals surface area contributed by atoms with Gasteiger partial charge in [-0.05, 0) is 36.4 Å². The van der Waals surface area contributed by atoms with Gasteiger partial charge in [-0.1, -0.05) is 23.7 Å². The van der Waals surface area contributed by atoms with Crippen LogP contribution in [0.2, 0.25) is 5.02 Å². The molecule has 0 saturated heterocycles. The highest BCUT2D eigenvalue weighted by molar-refractivity contribution is 6.35. The normalized spacial score (nSPS) is 14.0. The molecular formula is C23H19ClN4O3. The van der Waals surface area contributed by atoms with Crippen LogP contribution in [0, 0.1) is 0 Å². The van der Waals surface area contributed by atoms with E-state index in [1.165, 1.54) is 0 Å². The molecule has 0 spiro atoms. The molecule has 1 aliphatic rings. The molecule has 156 valence electrons. The first-order chi connectivity index (χ1) is 15.0. The molecule has 4 aromatic rings. The Morgan fingerprint density at radius 2 is 1.90 bits per heavy atom. The molecule has 3 heterocycles. The van der Waals surface area contributed by atoms with Gasteiger partial charge in [-0.2, -0.15) is 0 Å². The van der Waals surface area contributed by atoms with Crippen molar-refractivity contribution >= 4 is 28.3 Å². The second-order valence-electron chi connectivity index (χ2n) is 7.60. The fraction of sp³-hybridized carbons (Fsp3) is 0.174. The van der Waals surface area contributed by atoms with Crippen LogP contribution in [0.15, 0.2) is 62.5 Å². The van der Waals surface area contributed by atoms with E-state index in [0.717, 1.165) is 11.3 Å². The molecule has 31 heavy (non-hydrogen) atoms. The van der Waals surface area contributed by atoms with Gasteiger partial charge in [0.1, 0.15) is 11.4 Å². The van der Waals surface area contributed by atoms with Crippen molar-refractivity contribution in [2.45, 2.75) is 19.5 Å². The molecule has 3 N–H and O–H groups in total. The number of H-pyrrole nitrogens is 1. The summed E-state index contributed by atoms with van der Waals surface area (Å²) in [5, 5.41) is 1.09. The first-order valence-electron chi connectivity index (χ1n) is 9.90. The smallest absolute Gasteiger partial charge is 0.342 e. The van der Waals surface area contributed by atoms with E-state index < -0.39 is 5.63 Å². The van der Waals surface area contributed by atoms with Crippen LogP contribution >= 0.6 is 11.6 Å². The first kappa shape index (κ1) is 19.5. The Labute approximate surface area is 182 Å². The summed E-state index contributed by atoms with van der Waals surface area (Å²) in [6.45, 7) is 1.32. The van der Waals surface area contributed by atoms with Crippen molar-refractivity contribution in [1.29, 1.82) is 0 Å². The zero-order valence-corrected chi connectivity index (χ0v) is 17.3. The number of hydrogen-bond acceptors (Lipinski definition) is 6. The van der Waals surface area contributed by atoms with Crippen LogP contribution < -0.4 is 16.9 Å². The summed E-state index contributed by atoms with van der Waals surface area (Å²) >= 11 is 6.52. The number of aromatic nitrogens is 2. The summed E-state index contributed by atoms with van der Waals surface area (Å²) in [6, 6.07) is 14.4. The highest BCUT2D eigenvalue weighted by atomic mass is 35.5. The number of nitrogens with two attached hydrogens (primary N) is 1. The maximum absolute atomic E-state index is 12.8. The molecule has 0 atom stereocenters. The lowest BCUT2D eigenvalue weighted by molar-refractivity contribution is 0.239. The largest absolute Gasteiger partial charge is 0.422 e. The molecule has 0 fully saturated rings. The highest BCUT2D eigenvalue weighted by Crippen LogP contribution is 2.27. The third-order valence-corrected chi connectivity index (χ3v) is 5.98. The van der Waals surface area contributed by atoms with Gasteiger partial charge in [-0.3, -0.25) is 9.69 Å². The van der Waals surface area contributed by atoms with Crippen molar-refractivity contribution in [3.8, 4) is 11.4 Å². The lowest BCUT2D eigenvalue weighted by Gasteiger charge is -2.27. The number of aromatic amines is 1. The van der Waals surface area contributed by atoms with Crippen molar-refractivity contribution in [3.05, 3.63) is 91.1 Å². The van der Waals surface area contributed by atoms with Gasteiger partial charge < -0.3 is 15.1 Å². The molecule has 8 heteroatoms. The summed E-state index contributed by atoms with van der Waals surface area (Å²) < 4.78 is 5.43. The zero-order chi connectivity index (χ0) is 21.5. The average molecular weight is 435 g/mol. The van der Waals surface area contributed by atoms with Crippen LogP contribution in [0.4, 0.5) is 5.69 Å². The number of nitrogens with one attached hydrogen (secondary N) is 1. The minimum absolute atomic E-state index is 0.182. The SMILES string of the molecule is Nc1ccc(-c2nc3c(c(=O)[nH]2)CN(Cc2c(Cl)c4ccccc4oc2=O)CC3)cc1. The Bertz CT molecular complexity index is 1410. The second kappa shape index (κ2) is 7.68. The number of nitrogens with zero attached hydrogens (tertiary/aromatic N) is 2. The maximum atomic E-state index is 12.8. The predicted octanol–water partition coefficient (Wildman–Crippen LogP) is 3.34. The van der Waals surface area contributed by atoms with Crippen molar-refractivity contribution in [2.75, 3.05) is 12.3 Å². The van der Waals surface area contributed by atoms with E-state index in [1.54, 1.807) is 24.3 Å². The fourth-order valence-electron chi connectivity index (χ4n) is 3.90. The molecule has 0 saturated carbocycles. The molecular weight excluding hydrogens is 416 g/mol. The van der Waals surface area contributed by atoms with Crippen LogP contribution in [0.5, 0.6) is 0 Å². The Morgan fingerprint density at radius 1 is 1.13 bits per heavy atom. The topological polar surface area (TPSA) is 105 Å². The van der Waals surface area contributed by atoms with E-state index in [0.29, 0.717) is 64.7 Å². The Kier molecular flexibility index (Phi) is 4.84. The number of benzene rings is 2. The van der Waals surface area contributed by atoms with Gasteiger partial charge in [-0.15, -0.1) is 0 Å². The van der Waals surface area contributed by atoms with Crippen LogP contribution in [0.3, 0.4) is 0 Å². The van der Waals surface area contributed by atoms with Gasteiger partial charge in [0, 0.05) is 42.7 Å². The maximum Gasteiger partial charge on any atom is 0.342 e. The second-order valence-corrected chi connectivity index (χ2v) is 7.98. The molecule has 0 bridgehead atoms. The van der Waals surface area contributed by atoms with Gasteiger partial charge in [0.05, 0.1) is 21.8 Å². The van der Waals surface area contributed by atoms with Crippen LogP contribution in [-0.2, 0) is 19.5 Å². The quantitative estimate of drug-likeness (QED) is 0.378. The van der Waals surface area contributed by atoms with Crippen molar-refractivity contribution in [1.82, 2.24) is 14.9 Å². The van der Waals surface area contributed by atoms with Gasteiger partial charge in [-0.25, -0.2) is 9.78 Å². The molecule has 2 aromatic carbocycles. The standard InChI is InChI=1S/C23H19ClN4O3/c24-20-15-3-1-2-4-19(15)31-23(30)17(20)12-28-10-9-18-16(11-28)22(29)27-21(26-18)13-5-7-14(25)8-6-13/h1-8H,9-12,25H2,(H,26,27,29). The molecule has 0 radical (unpaired) electrons. The van der Waals surface area contributed by atoms with Crippen LogP contribution in [-0.4, -0.2) is 21.4 Å². The first-order valence-corrected chi connectivity index (χ1v) is 10.3. The number of rotatable bonds is 3. The molecule has 0 unspecified atom stereocenters. The van der Waals surface area contributed by atoms with Crippen molar-refractivity contribution in [3.63, 3.8) is 0 Å². The van der Waals surface area contributed by atoms with Crippen LogP contribution in [0.25, 0.3) is 22.4 Å². The number of nitrogen functional groups attached to an aromatic ring is 1. The summed E-state index contributed by atoms with van der Waals surface area (Å²) in [5.41, 5.74) is 8.78. The number of anilines is 1. The fourth-order valence-corrected chi connectivity index (χ4v) is 4.19. The van der Waals surface area contributed by atoms with Gasteiger partial charge in [0.15, 0.2) is 0 Å². The molecule has 1 aliphatic heterocycles. The minimum atomic E-state index is -0.458. The monoisotopic (exact) mass is 434 g/mol. The van der Waals surface area contributed by atoms with Gasteiger partial charge in [0.2, 0.25) is 0 Å². The summed E-state index contributed by atoms with van der Waals surface area (Å²) in [5.74, 6) is 0.524. The molecule has 7 nitrogen and oxygen atoms in total. The van der Waals surface area contributed by atoms with Gasteiger partial charge >= 0.3 is 5.63 Å². The number of fused-ring (bicyclic) bond motifs is 2. The van der Waals surface area contributed by atoms with Gasteiger partial charge in [0.25, 0.3) is 5.56 Å². The Morgan fingerprint density at radius 3 is 2.71 bits per heavy atom. The van der Waals surface area contributed by atoms with E-state index >= 15 is 0 Å². The zero-order valence-electron chi connectivity index (χ0n) is 16.5. The lowest BCUT2D eigenvalue weighted by atomic mass is 10.1. The van der Waals surface area contributed by atoms with Crippen molar-refractivity contribution in [2.24, 2.45) is 0 Å². The lowest BCUT2D eigenvalue weighted by Crippen LogP contribution is -2.36. The number of hydrogen-bond donors (Lipinski definition) is 2. The molecule has 0 aliphatic carbocycles. The summed E-state index contributed by atoms with van der Waals surface area (Å²) in [6.07, 6.45) is 0.595. The minimum Gasteiger partial charge on any atom is -0.422 e. The average Bonchev–Trinajstić information content (AvgIpc) is 2.77. The van der Waals surface area contributed by atoms with E-state index in [4.69, 9.17) is 21.8 Å². The molecule has 2 aromatic heterocycles. The third-order valence-electron chi connectivity index (χ3n) is 5.55. The van der Waals surface area contributed by atoms with E-state index in [1.807, 2.05) is 29.2 Å². The Hall–Kier alpha value is -3.42. The summed E-state index contributed by atoms with van der Waals surface area (Å²) in [7, 11) is 0. The van der Waals surface area contributed by atoms with Crippen molar-refractivity contribution < 1.29 is 4.42 Å². The van der Waals surface area contributed by atoms with E-state index in [2.05, 4.69) is 9.97 Å².